The maximum Gasteiger partial charge on any atom is 0.204 e. The molecular formula is C22H18ClN3. The molecule has 0 radical (unpaired) electrons. The van der Waals surface area contributed by atoms with Gasteiger partial charge in [-0.1, -0.05) is 66.2 Å². The summed E-state index contributed by atoms with van der Waals surface area (Å²) in [5.41, 5.74) is 4.70. The molecule has 128 valence electrons. The minimum absolute atomic E-state index is 0.209. The van der Waals surface area contributed by atoms with Crippen LogP contribution < -0.4 is 5.32 Å². The van der Waals surface area contributed by atoms with Crippen LogP contribution in [0.25, 0.3) is 11.0 Å². The van der Waals surface area contributed by atoms with Crippen molar-refractivity contribution in [3.05, 3.63) is 95.0 Å². The largest absolute Gasteiger partial charge is 0.349 e. The predicted octanol–water partition coefficient (Wildman–Crippen LogP) is 5.84. The number of halogens is 1. The van der Waals surface area contributed by atoms with E-state index in [1.807, 2.05) is 18.2 Å². The van der Waals surface area contributed by atoms with Crippen LogP contribution in [-0.2, 0) is 0 Å². The zero-order valence-electron chi connectivity index (χ0n) is 14.1. The summed E-state index contributed by atoms with van der Waals surface area (Å²) in [6, 6.07) is 27.5. The Hall–Kier alpha value is -2.78. The first kappa shape index (κ1) is 15.5. The summed E-state index contributed by atoms with van der Waals surface area (Å²) in [6.07, 6.45) is 0.957. The summed E-state index contributed by atoms with van der Waals surface area (Å²) >= 11 is 6.12. The highest BCUT2D eigenvalue weighted by molar-refractivity contribution is 6.30. The molecule has 26 heavy (non-hydrogen) atoms. The SMILES string of the molecule is Clc1ccc([C@@H]2C[C@@H](c3ccccc3)Nc3nc4ccccc4n32)cc1. The Morgan fingerprint density at radius 1 is 0.846 bits per heavy atom. The molecule has 0 saturated carbocycles. The zero-order chi connectivity index (χ0) is 17.5. The second kappa shape index (κ2) is 6.19. The molecule has 1 aromatic heterocycles. The van der Waals surface area contributed by atoms with E-state index in [-0.39, 0.29) is 12.1 Å². The van der Waals surface area contributed by atoms with Crippen LogP contribution in [0.3, 0.4) is 0 Å². The van der Waals surface area contributed by atoms with Gasteiger partial charge in [-0.2, -0.15) is 0 Å². The van der Waals surface area contributed by atoms with Crippen molar-refractivity contribution in [2.45, 2.75) is 18.5 Å². The van der Waals surface area contributed by atoms with Gasteiger partial charge in [0.1, 0.15) is 0 Å². The van der Waals surface area contributed by atoms with Gasteiger partial charge in [0, 0.05) is 5.02 Å². The van der Waals surface area contributed by atoms with Crippen LogP contribution >= 0.6 is 11.6 Å². The number of imidazole rings is 1. The van der Waals surface area contributed by atoms with Gasteiger partial charge in [0.15, 0.2) is 0 Å². The van der Waals surface area contributed by atoms with Crippen LogP contribution in [0.15, 0.2) is 78.9 Å². The lowest BCUT2D eigenvalue weighted by Gasteiger charge is -2.33. The standard InChI is InChI=1S/C22H18ClN3/c23-17-12-10-16(11-13-17)21-14-19(15-6-2-1-3-7-15)25-22-24-18-8-4-5-9-20(18)26(21)22/h1-13,19,21H,14H2,(H,24,25)/t19-,21-/m0/s1. The van der Waals surface area contributed by atoms with Crippen molar-refractivity contribution in [3.8, 4) is 0 Å². The fourth-order valence-corrected chi connectivity index (χ4v) is 4.01. The van der Waals surface area contributed by atoms with Crippen LogP contribution in [0.4, 0.5) is 5.95 Å². The molecule has 4 heteroatoms. The minimum Gasteiger partial charge on any atom is -0.349 e. The van der Waals surface area contributed by atoms with E-state index in [4.69, 9.17) is 16.6 Å². The van der Waals surface area contributed by atoms with Gasteiger partial charge in [0.25, 0.3) is 0 Å². The molecule has 0 unspecified atom stereocenters. The monoisotopic (exact) mass is 359 g/mol. The summed E-state index contributed by atoms with van der Waals surface area (Å²) in [6.45, 7) is 0. The number of hydrogen-bond donors (Lipinski definition) is 1. The van der Waals surface area contributed by atoms with Gasteiger partial charge in [-0.15, -0.1) is 0 Å². The third kappa shape index (κ3) is 2.56. The van der Waals surface area contributed by atoms with Crippen molar-refractivity contribution in [1.82, 2.24) is 9.55 Å². The number of nitrogens with one attached hydrogen (secondary N) is 1. The molecule has 0 aliphatic carbocycles. The number of rotatable bonds is 2. The molecule has 0 spiro atoms. The van der Waals surface area contributed by atoms with Gasteiger partial charge in [-0.3, -0.25) is 0 Å². The Morgan fingerprint density at radius 2 is 1.58 bits per heavy atom. The van der Waals surface area contributed by atoms with Crippen LogP contribution in [0.5, 0.6) is 0 Å². The van der Waals surface area contributed by atoms with E-state index in [2.05, 4.69) is 70.5 Å². The number of fused-ring (bicyclic) bond motifs is 3. The second-order valence-corrected chi connectivity index (χ2v) is 7.14. The molecule has 2 heterocycles. The van der Waals surface area contributed by atoms with Crippen molar-refractivity contribution in [2.75, 3.05) is 5.32 Å². The van der Waals surface area contributed by atoms with E-state index in [1.54, 1.807) is 0 Å². The summed E-state index contributed by atoms with van der Waals surface area (Å²) in [5, 5.41) is 4.40. The average molecular weight is 360 g/mol. The van der Waals surface area contributed by atoms with Crippen molar-refractivity contribution in [3.63, 3.8) is 0 Å². The molecule has 1 aliphatic rings. The number of benzene rings is 3. The van der Waals surface area contributed by atoms with E-state index in [0.717, 1.165) is 28.4 Å². The fourth-order valence-electron chi connectivity index (χ4n) is 3.88. The summed E-state index contributed by atoms with van der Waals surface area (Å²) in [7, 11) is 0. The first-order valence-electron chi connectivity index (χ1n) is 8.83. The topological polar surface area (TPSA) is 29.9 Å². The number of aromatic nitrogens is 2. The van der Waals surface area contributed by atoms with Crippen molar-refractivity contribution in [2.24, 2.45) is 0 Å². The Bertz CT molecular complexity index is 1050. The molecular weight excluding hydrogens is 342 g/mol. The van der Waals surface area contributed by atoms with Crippen molar-refractivity contribution >= 4 is 28.6 Å². The first-order chi connectivity index (χ1) is 12.8. The van der Waals surface area contributed by atoms with E-state index in [1.165, 1.54) is 11.1 Å². The molecule has 0 amide bonds. The molecule has 0 fully saturated rings. The summed E-state index contributed by atoms with van der Waals surface area (Å²) < 4.78 is 2.32. The number of anilines is 1. The van der Waals surface area contributed by atoms with Crippen LogP contribution in [0, 0.1) is 0 Å². The Balaban J connectivity index is 1.67. The highest BCUT2D eigenvalue weighted by atomic mass is 35.5. The highest BCUT2D eigenvalue weighted by Gasteiger charge is 2.30. The highest BCUT2D eigenvalue weighted by Crippen LogP contribution is 2.41. The number of hydrogen-bond acceptors (Lipinski definition) is 2. The lowest BCUT2D eigenvalue weighted by molar-refractivity contribution is 0.477. The molecule has 0 bridgehead atoms. The minimum atomic E-state index is 0.209. The van der Waals surface area contributed by atoms with Crippen molar-refractivity contribution in [1.29, 1.82) is 0 Å². The van der Waals surface area contributed by atoms with E-state index in [0.29, 0.717) is 0 Å². The Morgan fingerprint density at radius 3 is 2.38 bits per heavy atom. The molecule has 0 saturated heterocycles. The first-order valence-corrected chi connectivity index (χ1v) is 9.21. The number of nitrogens with zero attached hydrogens (tertiary/aromatic N) is 2. The predicted molar refractivity (Wildman–Crippen MR) is 107 cm³/mol. The Labute approximate surface area is 157 Å². The van der Waals surface area contributed by atoms with Crippen LogP contribution in [0.2, 0.25) is 5.02 Å². The van der Waals surface area contributed by atoms with E-state index in [9.17, 15) is 0 Å². The molecule has 3 nitrogen and oxygen atoms in total. The zero-order valence-corrected chi connectivity index (χ0v) is 14.9. The summed E-state index contributed by atoms with van der Waals surface area (Å²) in [5.74, 6) is 0.922. The van der Waals surface area contributed by atoms with E-state index < -0.39 is 0 Å². The van der Waals surface area contributed by atoms with E-state index >= 15 is 0 Å². The lowest BCUT2D eigenvalue weighted by atomic mass is 9.93. The van der Waals surface area contributed by atoms with Crippen LogP contribution in [0.1, 0.15) is 29.6 Å². The van der Waals surface area contributed by atoms with Gasteiger partial charge >= 0.3 is 0 Å². The number of para-hydroxylation sites is 2. The van der Waals surface area contributed by atoms with Gasteiger partial charge in [0.05, 0.1) is 23.1 Å². The maximum atomic E-state index is 6.12. The molecule has 4 aromatic rings. The summed E-state index contributed by atoms with van der Waals surface area (Å²) in [4.78, 5) is 4.85. The third-order valence-corrected chi connectivity index (χ3v) is 5.38. The average Bonchev–Trinajstić information content (AvgIpc) is 3.07. The van der Waals surface area contributed by atoms with Gasteiger partial charge in [0.2, 0.25) is 5.95 Å². The Kier molecular flexibility index (Phi) is 3.68. The normalized spacial score (nSPS) is 19.1. The quantitative estimate of drug-likeness (QED) is 0.487. The molecule has 1 aliphatic heterocycles. The fraction of sp³-hybridized carbons (Fsp3) is 0.136. The third-order valence-electron chi connectivity index (χ3n) is 5.13. The second-order valence-electron chi connectivity index (χ2n) is 6.70. The molecule has 5 rings (SSSR count). The van der Waals surface area contributed by atoms with Crippen molar-refractivity contribution < 1.29 is 0 Å². The molecule has 3 aromatic carbocycles. The van der Waals surface area contributed by atoms with Crippen LogP contribution in [-0.4, -0.2) is 9.55 Å². The van der Waals surface area contributed by atoms with Gasteiger partial charge < -0.3 is 9.88 Å². The van der Waals surface area contributed by atoms with Gasteiger partial charge in [-0.05, 0) is 41.8 Å². The lowest BCUT2D eigenvalue weighted by Crippen LogP contribution is -2.27. The smallest absolute Gasteiger partial charge is 0.204 e. The van der Waals surface area contributed by atoms with Gasteiger partial charge in [-0.25, -0.2) is 4.98 Å². The molecule has 2 atom stereocenters. The maximum absolute atomic E-state index is 6.12. The molecule has 1 N–H and O–H groups in total.